The number of anilines is 2. The third kappa shape index (κ3) is 3.59. The molecule has 4 rings (SSSR count). The van der Waals surface area contributed by atoms with Crippen LogP contribution in [0.5, 0.6) is 0 Å². The number of aliphatic hydroxyl groups excluding tert-OH is 1. The molecule has 0 saturated heterocycles. The monoisotopic (exact) mass is 424 g/mol. The van der Waals surface area contributed by atoms with E-state index in [1.54, 1.807) is 0 Å². The van der Waals surface area contributed by atoms with Crippen LogP contribution in [0.3, 0.4) is 0 Å². The normalized spacial score (nSPS) is 10.7. The summed E-state index contributed by atoms with van der Waals surface area (Å²) in [5, 5.41) is 16.6. The van der Waals surface area contributed by atoms with E-state index in [1.165, 1.54) is 36.8 Å². The molecule has 11 heteroatoms. The molecule has 0 aliphatic heterocycles. The molecule has 0 atom stereocenters. The Hall–Kier alpha value is -2.88. The first-order valence-corrected chi connectivity index (χ1v) is 8.11. The van der Waals surface area contributed by atoms with Crippen LogP contribution in [0.1, 0.15) is 5.69 Å². The second-order valence-corrected chi connectivity index (χ2v) is 5.95. The summed E-state index contributed by atoms with van der Waals surface area (Å²) in [5.74, 6) is -0.652. The van der Waals surface area contributed by atoms with Crippen LogP contribution in [-0.2, 0) is 6.61 Å². The molecule has 0 saturated carbocycles. The molecule has 0 spiro atoms. The number of hydrogen-bond acceptors (Lipinski definition) is 6. The molecule has 0 aliphatic carbocycles. The van der Waals surface area contributed by atoms with E-state index in [1.807, 2.05) is 0 Å². The van der Waals surface area contributed by atoms with Crippen molar-refractivity contribution in [2.24, 2.45) is 0 Å². The highest BCUT2D eigenvalue weighted by atomic mass is 35.5. The number of nitrogens with one attached hydrogen (secondary N) is 1. The molecule has 3 aromatic heterocycles. The molecule has 1 aromatic carbocycles. The Balaban J connectivity index is 0.00000225. The van der Waals surface area contributed by atoms with Crippen molar-refractivity contribution in [1.29, 1.82) is 0 Å². The zero-order valence-electron chi connectivity index (χ0n) is 14.0. The van der Waals surface area contributed by atoms with Crippen LogP contribution in [-0.4, -0.2) is 29.8 Å². The van der Waals surface area contributed by atoms with Gasteiger partial charge in [0, 0.05) is 12.3 Å². The average molecular weight is 425 g/mol. The Bertz CT molecular complexity index is 1130. The summed E-state index contributed by atoms with van der Waals surface area (Å²) in [5.41, 5.74) is 0.397. The van der Waals surface area contributed by atoms with Gasteiger partial charge in [0.15, 0.2) is 5.82 Å². The smallest absolute Gasteiger partial charge is 0.169 e. The van der Waals surface area contributed by atoms with Crippen molar-refractivity contribution in [3.05, 3.63) is 65.3 Å². The number of benzene rings is 1. The van der Waals surface area contributed by atoms with E-state index in [9.17, 15) is 13.9 Å². The molecule has 0 radical (unpaired) electrons. The van der Waals surface area contributed by atoms with Crippen LogP contribution in [0.2, 0.25) is 5.02 Å². The maximum atomic E-state index is 14.2. The molecule has 0 aliphatic rings. The first-order chi connectivity index (χ1) is 13.1. The molecule has 144 valence electrons. The van der Waals surface area contributed by atoms with Gasteiger partial charge in [0.05, 0.1) is 28.9 Å². The van der Waals surface area contributed by atoms with Crippen molar-refractivity contribution in [3.8, 4) is 5.69 Å². The minimum absolute atomic E-state index is 0. The largest absolute Gasteiger partial charge is 0.390 e. The molecule has 3 heterocycles. The minimum Gasteiger partial charge on any atom is -0.390 e. The van der Waals surface area contributed by atoms with Crippen molar-refractivity contribution < 1.29 is 13.9 Å². The molecular formula is C17H12Cl2F2N6O. The molecule has 0 bridgehead atoms. The van der Waals surface area contributed by atoms with Gasteiger partial charge in [0.25, 0.3) is 0 Å². The number of nitrogens with zero attached hydrogens (tertiary/aromatic N) is 5. The summed E-state index contributed by atoms with van der Waals surface area (Å²) in [7, 11) is 0. The van der Waals surface area contributed by atoms with Gasteiger partial charge in [-0.3, -0.25) is 0 Å². The van der Waals surface area contributed by atoms with Crippen LogP contribution >= 0.6 is 24.0 Å². The lowest BCUT2D eigenvalue weighted by atomic mass is 10.3. The lowest BCUT2D eigenvalue weighted by Gasteiger charge is -2.06. The van der Waals surface area contributed by atoms with E-state index in [2.05, 4.69) is 25.4 Å². The van der Waals surface area contributed by atoms with Crippen molar-refractivity contribution in [1.82, 2.24) is 24.7 Å². The van der Waals surface area contributed by atoms with E-state index >= 15 is 0 Å². The Labute approximate surface area is 168 Å². The highest BCUT2D eigenvalue weighted by Crippen LogP contribution is 2.29. The fourth-order valence-electron chi connectivity index (χ4n) is 2.57. The molecule has 4 aromatic rings. The molecule has 0 fully saturated rings. The number of aliphatic hydroxyl groups is 1. The number of fused-ring (bicyclic) bond motifs is 1. The molecule has 28 heavy (non-hydrogen) atoms. The minimum atomic E-state index is -0.666. The standard InChI is InChI=1S/C17H11ClF2N6O.ClH/c18-11-2-1-3-12(19)16(11)26-6-10-15(25-26)13(20)5-21-17(10)24-14-4-9(7-27)22-8-23-14;/h1-6,8,27H,7H2,(H,21,22,23,24);1H. The molecule has 0 unspecified atom stereocenters. The topological polar surface area (TPSA) is 88.8 Å². The van der Waals surface area contributed by atoms with Gasteiger partial charge in [-0.2, -0.15) is 5.10 Å². The van der Waals surface area contributed by atoms with Gasteiger partial charge in [0.1, 0.15) is 35.0 Å². The van der Waals surface area contributed by atoms with E-state index in [4.69, 9.17) is 11.6 Å². The third-order valence-electron chi connectivity index (χ3n) is 3.80. The summed E-state index contributed by atoms with van der Waals surface area (Å²) in [6, 6.07) is 5.73. The molecule has 2 N–H and O–H groups in total. The predicted octanol–water partition coefficient (Wildman–Crippen LogP) is 3.80. The molecular weight excluding hydrogens is 413 g/mol. The zero-order valence-corrected chi connectivity index (χ0v) is 15.5. The Morgan fingerprint density at radius 1 is 1.14 bits per heavy atom. The fourth-order valence-corrected chi connectivity index (χ4v) is 2.82. The average Bonchev–Trinajstić information content (AvgIpc) is 3.10. The van der Waals surface area contributed by atoms with E-state index in [-0.39, 0.29) is 41.1 Å². The summed E-state index contributed by atoms with van der Waals surface area (Å²) < 4.78 is 29.6. The highest BCUT2D eigenvalue weighted by Gasteiger charge is 2.17. The van der Waals surface area contributed by atoms with Crippen molar-refractivity contribution in [3.63, 3.8) is 0 Å². The second-order valence-electron chi connectivity index (χ2n) is 5.54. The van der Waals surface area contributed by atoms with Gasteiger partial charge >= 0.3 is 0 Å². The second kappa shape index (κ2) is 8.01. The summed E-state index contributed by atoms with van der Waals surface area (Å²) >= 11 is 6.07. The zero-order chi connectivity index (χ0) is 19.0. The highest BCUT2D eigenvalue weighted by molar-refractivity contribution is 6.32. The van der Waals surface area contributed by atoms with E-state index < -0.39 is 11.6 Å². The Morgan fingerprint density at radius 3 is 2.71 bits per heavy atom. The van der Waals surface area contributed by atoms with Crippen LogP contribution in [0.25, 0.3) is 16.6 Å². The first-order valence-electron chi connectivity index (χ1n) is 7.74. The van der Waals surface area contributed by atoms with Crippen LogP contribution < -0.4 is 5.32 Å². The van der Waals surface area contributed by atoms with Gasteiger partial charge in [-0.25, -0.2) is 28.4 Å². The Kier molecular flexibility index (Phi) is 5.68. The fraction of sp³-hybridized carbons (Fsp3) is 0.0588. The van der Waals surface area contributed by atoms with Gasteiger partial charge in [0.2, 0.25) is 0 Å². The third-order valence-corrected chi connectivity index (χ3v) is 4.11. The molecule has 0 amide bonds. The van der Waals surface area contributed by atoms with E-state index in [0.29, 0.717) is 16.9 Å². The number of pyridine rings is 1. The maximum absolute atomic E-state index is 14.2. The van der Waals surface area contributed by atoms with Crippen molar-refractivity contribution in [2.75, 3.05) is 5.32 Å². The van der Waals surface area contributed by atoms with Gasteiger partial charge in [-0.15, -0.1) is 12.4 Å². The van der Waals surface area contributed by atoms with Gasteiger partial charge in [-0.1, -0.05) is 17.7 Å². The summed E-state index contributed by atoms with van der Waals surface area (Å²) in [4.78, 5) is 11.9. The van der Waals surface area contributed by atoms with Crippen LogP contribution in [0.15, 0.2) is 43.0 Å². The van der Waals surface area contributed by atoms with Crippen molar-refractivity contribution >= 4 is 46.5 Å². The Morgan fingerprint density at radius 2 is 1.96 bits per heavy atom. The quantitative estimate of drug-likeness (QED) is 0.517. The number of aromatic nitrogens is 5. The lowest BCUT2D eigenvalue weighted by Crippen LogP contribution is -2.00. The summed E-state index contributed by atoms with van der Waals surface area (Å²) in [6.07, 6.45) is 3.70. The van der Waals surface area contributed by atoms with Gasteiger partial charge < -0.3 is 10.4 Å². The van der Waals surface area contributed by atoms with E-state index in [0.717, 1.165) is 10.9 Å². The molecule has 7 nitrogen and oxygen atoms in total. The van der Waals surface area contributed by atoms with Crippen molar-refractivity contribution in [2.45, 2.75) is 6.61 Å². The number of para-hydroxylation sites is 1. The number of hydrogen-bond donors (Lipinski definition) is 2. The first kappa shape index (κ1) is 19.9. The van der Waals surface area contributed by atoms with Crippen LogP contribution in [0, 0.1) is 11.6 Å². The predicted molar refractivity (Wildman–Crippen MR) is 102 cm³/mol. The lowest BCUT2D eigenvalue weighted by molar-refractivity contribution is 0.276. The summed E-state index contributed by atoms with van der Waals surface area (Å²) in [6.45, 7) is -0.257. The number of halogens is 4. The maximum Gasteiger partial charge on any atom is 0.169 e. The van der Waals surface area contributed by atoms with Crippen LogP contribution in [0.4, 0.5) is 20.4 Å². The number of rotatable bonds is 4. The van der Waals surface area contributed by atoms with Gasteiger partial charge in [-0.05, 0) is 12.1 Å². The SMILES string of the molecule is Cl.OCc1cc(Nc2ncc(F)c3nn(-c4c(F)cccc4Cl)cc23)ncn1.